The monoisotopic (exact) mass is 516 g/mol. The molecule has 192 valence electrons. The molecule has 3 heterocycles. The average molecular weight is 517 g/mol. The van der Waals surface area contributed by atoms with Gasteiger partial charge in [-0.2, -0.15) is 17.6 Å². The molecular weight excluding hydrogens is 484 g/mol. The first-order chi connectivity index (χ1) is 18.0. The van der Waals surface area contributed by atoms with Crippen molar-refractivity contribution < 1.29 is 13.2 Å². The van der Waals surface area contributed by atoms with Crippen molar-refractivity contribution in [2.24, 2.45) is 0 Å². The molecule has 3 aromatic carbocycles. The largest absolute Gasteiger partial charge is 0.378 e. The quantitative estimate of drug-likeness (QED) is 0.380. The van der Waals surface area contributed by atoms with Crippen LogP contribution in [-0.2, 0) is 14.8 Å². The highest BCUT2D eigenvalue weighted by molar-refractivity contribution is 7.90. The molecule has 0 unspecified atom stereocenters. The summed E-state index contributed by atoms with van der Waals surface area (Å²) in [6, 6.07) is 23.5. The summed E-state index contributed by atoms with van der Waals surface area (Å²) in [5.41, 5.74) is 5.02. The molecular formula is C29H32N4O3S. The molecule has 2 aliphatic rings. The zero-order valence-corrected chi connectivity index (χ0v) is 21.9. The number of ether oxygens (including phenoxy) is 1. The Bertz CT molecular complexity index is 1480. The van der Waals surface area contributed by atoms with Crippen molar-refractivity contribution in [3.8, 4) is 0 Å². The second-order valence-corrected chi connectivity index (χ2v) is 11.7. The standard InChI is InChI=1S/C29H32N4O3S/c1-22-6-12-26(13-7-22)37(34,35)33-28-5-3-2-4-27(28)29(30-33)23-14-16-31(17-15-23)24-8-10-25(11-9-24)32-18-20-36-21-19-32/h2-13,23H,14-21H2,1H3. The number of hydrogen-bond acceptors (Lipinski definition) is 6. The van der Waals surface area contributed by atoms with E-state index < -0.39 is 10.0 Å². The third-order valence-corrected chi connectivity index (χ3v) is 9.21. The van der Waals surface area contributed by atoms with Gasteiger partial charge >= 0.3 is 0 Å². The molecule has 0 bridgehead atoms. The lowest BCUT2D eigenvalue weighted by molar-refractivity contribution is 0.122. The molecule has 0 N–H and O–H groups in total. The Morgan fingerprint density at radius 1 is 0.784 bits per heavy atom. The van der Waals surface area contributed by atoms with Gasteiger partial charge in [-0.25, -0.2) is 0 Å². The number of hydrogen-bond donors (Lipinski definition) is 0. The smallest absolute Gasteiger partial charge is 0.283 e. The Morgan fingerprint density at radius 2 is 1.38 bits per heavy atom. The Kier molecular flexibility index (Phi) is 6.38. The van der Waals surface area contributed by atoms with Crippen molar-refractivity contribution in [2.75, 3.05) is 49.2 Å². The zero-order valence-electron chi connectivity index (χ0n) is 21.1. The predicted molar refractivity (Wildman–Crippen MR) is 147 cm³/mol. The molecule has 7 nitrogen and oxygen atoms in total. The van der Waals surface area contributed by atoms with E-state index in [0.29, 0.717) is 5.52 Å². The summed E-state index contributed by atoms with van der Waals surface area (Å²) in [6.45, 7) is 7.21. The van der Waals surface area contributed by atoms with Gasteiger partial charge in [0, 0.05) is 48.9 Å². The van der Waals surface area contributed by atoms with E-state index in [2.05, 4.69) is 34.1 Å². The highest BCUT2D eigenvalue weighted by Crippen LogP contribution is 2.35. The van der Waals surface area contributed by atoms with Gasteiger partial charge in [0.25, 0.3) is 10.0 Å². The van der Waals surface area contributed by atoms with Crippen molar-refractivity contribution in [1.82, 2.24) is 9.19 Å². The van der Waals surface area contributed by atoms with Crippen LogP contribution in [0.15, 0.2) is 77.7 Å². The van der Waals surface area contributed by atoms with E-state index in [-0.39, 0.29) is 10.8 Å². The summed E-state index contributed by atoms with van der Waals surface area (Å²) in [5.74, 6) is 0.211. The maximum absolute atomic E-state index is 13.5. The van der Waals surface area contributed by atoms with Gasteiger partial charge in [-0.15, -0.1) is 0 Å². The van der Waals surface area contributed by atoms with Gasteiger partial charge in [0.2, 0.25) is 0 Å². The van der Waals surface area contributed by atoms with Crippen LogP contribution in [0.25, 0.3) is 10.9 Å². The zero-order chi connectivity index (χ0) is 25.4. The Balaban J connectivity index is 1.22. The molecule has 2 fully saturated rings. The van der Waals surface area contributed by atoms with Gasteiger partial charge in [-0.3, -0.25) is 0 Å². The lowest BCUT2D eigenvalue weighted by Gasteiger charge is -2.34. The number of aryl methyl sites for hydroxylation is 1. The molecule has 1 aromatic heterocycles. The number of morpholine rings is 1. The van der Waals surface area contributed by atoms with Gasteiger partial charge in [0.15, 0.2) is 0 Å². The summed E-state index contributed by atoms with van der Waals surface area (Å²) in [6.07, 6.45) is 1.85. The third-order valence-electron chi connectivity index (χ3n) is 7.60. The van der Waals surface area contributed by atoms with Crippen molar-refractivity contribution in [2.45, 2.75) is 30.6 Å². The summed E-state index contributed by atoms with van der Waals surface area (Å²) < 4.78 is 33.7. The molecule has 4 aromatic rings. The Hall–Kier alpha value is -3.36. The van der Waals surface area contributed by atoms with E-state index in [9.17, 15) is 8.42 Å². The Labute approximate surface area is 218 Å². The van der Waals surface area contributed by atoms with Gasteiger partial charge in [0.05, 0.1) is 29.3 Å². The number of piperidine rings is 1. The number of para-hydroxylation sites is 1. The Morgan fingerprint density at radius 3 is 2.03 bits per heavy atom. The van der Waals surface area contributed by atoms with Gasteiger partial charge in [-0.05, 0) is 62.2 Å². The van der Waals surface area contributed by atoms with E-state index >= 15 is 0 Å². The average Bonchev–Trinajstić information content (AvgIpc) is 3.35. The molecule has 0 spiro atoms. The van der Waals surface area contributed by atoms with Crippen LogP contribution in [0.5, 0.6) is 0 Å². The number of rotatable bonds is 5. The number of benzene rings is 3. The summed E-state index contributed by atoms with van der Waals surface area (Å²) in [7, 11) is -3.78. The van der Waals surface area contributed by atoms with Crippen LogP contribution in [0.3, 0.4) is 0 Å². The lowest BCUT2D eigenvalue weighted by atomic mass is 9.91. The summed E-state index contributed by atoms with van der Waals surface area (Å²) in [4.78, 5) is 5.04. The fourth-order valence-corrected chi connectivity index (χ4v) is 6.76. The fraction of sp³-hybridized carbons (Fsp3) is 0.345. The van der Waals surface area contributed by atoms with E-state index in [4.69, 9.17) is 9.84 Å². The van der Waals surface area contributed by atoms with Crippen LogP contribution < -0.4 is 9.80 Å². The first-order valence-electron chi connectivity index (χ1n) is 13.0. The molecule has 0 amide bonds. The minimum atomic E-state index is -3.78. The van der Waals surface area contributed by atoms with Gasteiger partial charge in [0.1, 0.15) is 0 Å². The van der Waals surface area contributed by atoms with Crippen molar-refractivity contribution in [3.63, 3.8) is 0 Å². The molecule has 2 saturated heterocycles. The topological polar surface area (TPSA) is 67.7 Å². The number of nitrogens with zero attached hydrogens (tertiary/aromatic N) is 4. The van der Waals surface area contributed by atoms with Gasteiger partial charge < -0.3 is 14.5 Å². The molecule has 6 rings (SSSR count). The van der Waals surface area contributed by atoms with Crippen LogP contribution in [0.4, 0.5) is 11.4 Å². The van der Waals surface area contributed by atoms with E-state index in [1.54, 1.807) is 12.1 Å². The van der Waals surface area contributed by atoms with E-state index in [0.717, 1.165) is 68.9 Å². The maximum Gasteiger partial charge on any atom is 0.283 e. The minimum absolute atomic E-state index is 0.211. The second-order valence-electron chi connectivity index (χ2n) is 9.94. The number of fused-ring (bicyclic) bond motifs is 1. The number of aromatic nitrogens is 2. The highest BCUT2D eigenvalue weighted by atomic mass is 32.2. The minimum Gasteiger partial charge on any atom is -0.378 e. The number of anilines is 2. The molecule has 0 radical (unpaired) electrons. The first-order valence-corrected chi connectivity index (χ1v) is 14.4. The molecule has 0 saturated carbocycles. The highest BCUT2D eigenvalue weighted by Gasteiger charge is 2.29. The van der Waals surface area contributed by atoms with Crippen LogP contribution in [0.2, 0.25) is 0 Å². The molecule has 8 heteroatoms. The van der Waals surface area contributed by atoms with Crippen LogP contribution in [-0.4, -0.2) is 57.0 Å². The normalized spacial score (nSPS) is 17.4. The van der Waals surface area contributed by atoms with Crippen LogP contribution >= 0.6 is 0 Å². The van der Waals surface area contributed by atoms with Crippen molar-refractivity contribution in [3.05, 3.63) is 84.1 Å². The molecule has 0 atom stereocenters. The van der Waals surface area contributed by atoms with Gasteiger partial charge in [-0.1, -0.05) is 35.9 Å². The molecule has 2 aliphatic heterocycles. The summed E-state index contributed by atoms with van der Waals surface area (Å²) >= 11 is 0. The second kappa shape index (κ2) is 9.84. The van der Waals surface area contributed by atoms with Crippen molar-refractivity contribution >= 4 is 32.3 Å². The first kappa shape index (κ1) is 24.0. The van der Waals surface area contributed by atoms with Crippen LogP contribution in [0.1, 0.15) is 30.0 Å². The van der Waals surface area contributed by atoms with Crippen molar-refractivity contribution in [1.29, 1.82) is 0 Å². The van der Waals surface area contributed by atoms with E-state index in [1.807, 2.05) is 43.3 Å². The fourth-order valence-electron chi connectivity index (χ4n) is 5.46. The lowest BCUT2D eigenvalue weighted by Crippen LogP contribution is -2.36. The van der Waals surface area contributed by atoms with E-state index in [1.165, 1.54) is 15.5 Å². The van der Waals surface area contributed by atoms with Crippen LogP contribution in [0, 0.1) is 6.92 Å². The third kappa shape index (κ3) is 4.60. The summed E-state index contributed by atoms with van der Waals surface area (Å²) in [5, 5.41) is 5.66. The molecule has 37 heavy (non-hydrogen) atoms. The maximum atomic E-state index is 13.5. The molecule has 0 aliphatic carbocycles. The SMILES string of the molecule is Cc1ccc(S(=O)(=O)n2nc(C3CCN(c4ccc(N5CCOCC5)cc4)CC3)c3ccccc32)cc1. The predicted octanol–water partition coefficient (Wildman–Crippen LogP) is 4.80.